The lowest BCUT2D eigenvalue weighted by molar-refractivity contribution is -0.136. The summed E-state index contributed by atoms with van der Waals surface area (Å²) >= 11 is 1.13. The average Bonchev–Trinajstić information content (AvgIpc) is 3.01. The summed E-state index contributed by atoms with van der Waals surface area (Å²) in [6.07, 6.45) is 2.88. The number of carbonyl (C=O) groups is 1. The van der Waals surface area contributed by atoms with Crippen molar-refractivity contribution in [3.05, 3.63) is 17.5 Å². The number of likely N-dealkylation sites (tertiary alicyclic amines) is 1. The van der Waals surface area contributed by atoms with E-state index in [-0.39, 0.29) is 16.2 Å². The van der Waals surface area contributed by atoms with Gasteiger partial charge in [0.15, 0.2) is 0 Å². The number of piperidine rings is 1. The van der Waals surface area contributed by atoms with Crippen LogP contribution in [0.5, 0.6) is 0 Å². The number of nitrogens with one attached hydrogen (secondary N) is 1. The zero-order chi connectivity index (χ0) is 15.5. The van der Waals surface area contributed by atoms with Crippen LogP contribution in [0.25, 0.3) is 0 Å². The molecule has 2 unspecified atom stereocenters. The molecule has 1 aromatic heterocycles. The summed E-state index contributed by atoms with van der Waals surface area (Å²) in [5.41, 5.74) is 5.71. The highest BCUT2D eigenvalue weighted by Crippen LogP contribution is 2.19. The molecule has 3 N–H and O–H groups in total. The van der Waals surface area contributed by atoms with Crippen LogP contribution >= 0.6 is 11.3 Å². The molecule has 0 aromatic carbocycles. The van der Waals surface area contributed by atoms with Crippen molar-refractivity contribution >= 4 is 27.3 Å². The number of amides is 1. The van der Waals surface area contributed by atoms with Gasteiger partial charge in [-0.1, -0.05) is 6.07 Å². The highest BCUT2D eigenvalue weighted by molar-refractivity contribution is 7.91. The van der Waals surface area contributed by atoms with Gasteiger partial charge in [0.2, 0.25) is 5.91 Å². The van der Waals surface area contributed by atoms with E-state index in [0.717, 1.165) is 30.6 Å². The summed E-state index contributed by atoms with van der Waals surface area (Å²) in [6, 6.07) is 2.42. The fourth-order valence-electron chi connectivity index (χ4n) is 2.54. The molecule has 1 amide bonds. The molecular formula is C13H21N3O3S2. The van der Waals surface area contributed by atoms with Gasteiger partial charge < -0.3 is 10.6 Å². The quantitative estimate of drug-likeness (QED) is 0.833. The van der Waals surface area contributed by atoms with E-state index in [2.05, 4.69) is 4.72 Å². The second-order valence-electron chi connectivity index (χ2n) is 5.19. The maximum Gasteiger partial charge on any atom is 0.250 e. The van der Waals surface area contributed by atoms with E-state index in [9.17, 15) is 13.2 Å². The molecule has 2 atom stereocenters. The lowest BCUT2D eigenvalue weighted by Gasteiger charge is -2.36. The molecule has 0 radical (unpaired) electrons. The van der Waals surface area contributed by atoms with Crippen LogP contribution in [0.1, 0.15) is 26.2 Å². The molecule has 8 heteroatoms. The fourth-order valence-corrected chi connectivity index (χ4v) is 4.75. The third-order valence-corrected chi connectivity index (χ3v) is 6.58. The molecule has 6 nitrogen and oxygen atoms in total. The molecule has 0 spiro atoms. The van der Waals surface area contributed by atoms with Crippen molar-refractivity contribution in [1.29, 1.82) is 0 Å². The van der Waals surface area contributed by atoms with Gasteiger partial charge in [0, 0.05) is 19.1 Å². The largest absolute Gasteiger partial charge is 0.337 e. The van der Waals surface area contributed by atoms with Crippen LogP contribution in [0.3, 0.4) is 0 Å². The minimum absolute atomic E-state index is 0.0138. The topological polar surface area (TPSA) is 92.5 Å². The van der Waals surface area contributed by atoms with Crippen LogP contribution in [0.2, 0.25) is 0 Å². The van der Waals surface area contributed by atoms with Crippen molar-refractivity contribution in [3.8, 4) is 0 Å². The predicted molar refractivity (Wildman–Crippen MR) is 82.5 cm³/mol. The normalized spacial score (nSPS) is 21.2. The third kappa shape index (κ3) is 3.82. The number of carbonyl (C=O) groups excluding carboxylic acids is 1. The summed E-state index contributed by atoms with van der Waals surface area (Å²) in [5.74, 6) is -0.203. The minimum atomic E-state index is -3.63. The second kappa shape index (κ2) is 6.87. The van der Waals surface area contributed by atoms with Crippen LogP contribution in [0.4, 0.5) is 0 Å². The van der Waals surface area contributed by atoms with Gasteiger partial charge in [-0.05, 0) is 37.6 Å². The Labute approximate surface area is 129 Å². The van der Waals surface area contributed by atoms with Crippen molar-refractivity contribution < 1.29 is 13.2 Å². The van der Waals surface area contributed by atoms with Gasteiger partial charge in [-0.25, -0.2) is 8.42 Å². The van der Waals surface area contributed by atoms with Gasteiger partial charge in [0.25, 0.3) is 10.0 Å². The third-order valence-electron chi connectivity index (χ3n) is 3.64. The first-order valence-corrected chi connectivity index (χ1v) is 9.38. The van der Waals surface area contributed by atoms with E-state index < -0.39 is 16.1 Å². The lowest BCUT2D eigenvalue weighted by Crippen LogP contribution is -2.54. The highest BCUT2D eigenvalue weighted by Gasteiger charge is 2.31. The summed E-state index contributed by atoms with van der Waals surface area (Å²) in [4.78, 5) is 14.2. The Morgan fingerprint density at radius 3 is 2.95 bits per heavy atom. The van der Waals surface area contributed by atoms with Crippen molar-refractivity contribution in [3.63, 3.8) is 0 Å². The molecule has 2 heterocycles. The molecule has 0 bridgehead atoms. The molecular weight excluding hydrogens is 310 g/mol. The first-order valence-electron chi connectivity index (χ1n) is 7.02. The number of sulfonamides is 1. The first-order chi connectivity index (χ1) is 9.95. The molecule has 1 fully saturated rings. The fraction of sp³-hybridized carbons (Fsp3) is 0.615. The minimum Gasteiger partial charge on any atom is -0.337 e. The number of hydrogen-bond acceptors (Lipinski definition) is 5. The van der Waals surface area contributed by atoms with Gasteiger partial charge in [-0.2, -0.15) is 4.72 Å². The Hall–Kier alpha value is -0.960. The number of nitrogens with two attached hydrogens (primary N) is 1. The summed E-state index contributed by atoms with van der Waals surface area (Å²) in [6.45, 7) is 2.64. The standard InChI is InChI=1S/C13H21N3O3S2/c1-10(15-21(18,19)12-6-4-8-20-12)13(17)16-7-3-2-5-11(16)9-14/h4,6,8,10-11,15H,2-3,5,7,9,14H2,1H3. The SMILES string of the molecule is CC(NS(=O)(=O)c1cccs1)C(=O)N1CCCCC1CN. The van der Waals surface area contributed by atoms with E-state index >= 15 is 0 Å². The van der Waals surface area contributed by atoms with E-state index in [1.165, 1.54) is 6.07 Å². The van der Waals surface area contributed by atoms with E-state index in [0.29, 0.717) is 13.1 Å². The van der Waals surface area contributed by atoms with Gasteiger partial charge in [-0.15, -0.1) is 11.3 Å². The smallest absolute Gasteiger partial charge is 0.250 e. The highest BCUT2D eigenvalue weighted by atomic mass is 32.2. The number of nitrogens with zero attached hydrogens (tertiary/aromatic N) is 1. The maximum atomic E-state index is 12.5. The summed E-state index contributed by atoms with van der Waals surface area (Å²) < 4.78 is 27.0. The van der Waals surface area contributed by atoms with Crippen molar-refractivity contribution in [2.45, 2.75) is 42.5 Å². The van der Waals surface area contributed by atoms with Crippen LogP contribution < -0.4 is 10.5 Å². The molecule has 0 aliphatic carbocycles. The Morgan fingerprint density at radius 1 is 1.57 bits per heavy atom. The molecule has 0 saturated carbocycles. The maximum absolute atomic E-state index is 12.5. The second-order valence-corrected chi connectivity index (χ2v) is 8.08. The predicted octanol–water partition coefficient (Wildman–Crippen LogP) is 0.755. The molecule has 21 heavy (non-hydrogen) atoms. The van der Waals surface area contributed by atoms with Crippen LogP contribution in [0.15, 0.2) is 21.7 Å². The van der Waals surface area contributed by atoms with Gasteiger partial charge in [0.05, 0.1) is 6.04 Å². The van der Waals surface area contributed by atoms with Crippen molar-refractivity contribution in [2.75, 3.05) is 13.1 Å². The first kappa shape index (κ1) is 16.4. The monoisotopic (exact) mass is 331 g/mol. The van der Waals surface area contributed by atoms with E-state index in [1.54, 1.807) is 23.3 Å². The summed E-state index contributed by atoms with van der Waals surface area (Å²) in [5, 5.41) is 1.69. The van der Waals surface area contributed by atoms with Crippen LogP contribution in [0, 0.1) is 0 Å². The van der Waals surface area contributed by atoms with Crippen LogP contribution in [-0.2, 0) is 14.8 Å². The van der Waals surface area contributed by atoms with E-state index in [1.807, 2.05) is 0 Å². The molecule has 1 saturated heterocycles. The molecule has 1 aromatic rings. The van der Waals surface area contributed by atoms with Gasteiger partial charge in [0.1, 0.15) is 4.21 Å². The van der Waals surface area contributed by atoms with E-state index in [4.69, 9.17) is 5.73 Å². The lowest BCUT2D eigenvalue weighted by atomic mass is 10.0. The van der Waals surface area contributed by atoms with Crippen molar-refractivity contribution in [1.82, 2.24) is 9.62 Å². The molecule has 118 valence electrons. The van der Waals surface area contributed by atoms with Crippen molar-refractivity contribution in [2.24, 2.45) is 5.73 Å². The Bertz CT molecular complexity index is 571. The molecule has 1 aliphatic rings. The Balaban J connectivity index is 2.05. The molecule has 2 rings (SSSR count). The van der Waals surface area contributed by atoms with Gasteiger partial charge in [-0.3, -0.25) is 4.79 Å². The average molecular weight is 331 g/mol. The molecule has 1 aliphatic heterocycles. The zero-order valence-electron chi connectivity index (χ0n) is 12.0. The summed E-state index contributed by atoms with van der Waals surface area (Å²) in [7, 11) is -3.63. The Morgan fingerprint density at radius 2 is 2.33 bits per heavy atom. The van der Waals surface area contributed by atoms with Gasteiger partial charge >= 0.3 is 0 Å². The van der Waals surface area contributed by atoms with Crippen LogP contribution in [-0.4, -0.2) is 44.4 Å². The number of rotatable bonds is 5. The zero-order valence-corrected chi connectivity index (χ0v) is 13.6. The Kier molecular flexibility index (Phi) is 5.37. The number of hydrogen-bond donors (Lipinski definition) is 2. The number of thiophene rings is 1.